The van der Waals surface area contributed by atoms with Gasteiger partial charge in [0.05, 0.1) is 12.2 Å². The third kappa shape index (κ3) is 4.94. The predicted molar refractivity (Wildman–Crippen MR) is 62.1 cm³/mol. The summed E-state index contributed by atoms with van der Waals surface area (Å²) < 4.78 is 5.58. The third-order valence-electron chi connectivity index (χ3n) is 2.95. The minimum atomic E-state index is -0.400. The maximum atomic E-state index is 11.7. The van der Waals surface area contributed by atoms with Crippen molar-refractivity contribution in [3.8, 4) is 0 Å². The minimum absolute atomic E-state index is 0.0927. The van der Waals surface area contributed by atoms with E-state index in [1.165, 1.54) is 6.42 Å². The Morgan fingerprint density at radius 2 is 2.31 bits per heavy atom. The Morgan fingerprint density at radius 1 is 1.56 bits per heavy atom. The number of aliphatic hydroxyl groups is 1. The average molecular weight is 229 g/mol. The second-order valence-corrected chi connectivity index (χ2v) is 4.65. The van der Waals surface area contributed by atoms with Crippen LogP contribution in [0.25, 0.3) is 0 Å². The molecule has 0 bridgehead atoms. The molecule has 4 nitrogen and oxygen atoms in total. The Balaban J connectivity index is 2.21. The van der Waals surface area contributed by atoms with Crippen molar-refractivity contribution in [2.75, 3.05) is 20.2 Å². The van der Waals surface area contributed by atoms with Crippen molar-refractivity contribution in [3.05, 3.63) is 0 Å². The number of rotatable bonds is 5. The first-order chi connectivity index (χ1) is 7.59. The second-order valence-electron chi connectivity index (χ2n) is 4.65. The second kappa shape index (κ2) is 6.86. The van der Waals surface area contributed by atoms with Gasteiger partial charge in [0.1, 0.15) is 0 Å². The van der Waals surface area contributed by atoms with Crippen molar-refractivity contribution in [3.63, 3.8) is 0 Å². The fraction of sp³-hybridized carbons (Fsp3) is 0.917. The van der Waals surface area contributed by atoms with Crippen LogP contribution in [0.15, 0.2) is 0 Å². The summed E-state index contributed by atoms with van der Waals surface area (Å²) in [7, 11) is 1.81. The molecule has 0 radical (unpaired) electrons. The number of carbonyl (C=O) groups excluding carboxylic acids is 1. The SMILES string of the molecule is CC(O)CCC(=O)N(C)CC1CCCCO1. The van der Waals surface area contributed by atoms with E-state index in [0.717, 1.165) is 19.4 Å². The van der Waals surface area contributed by atoms with Crippen molar-refractivity contribution >= 4 is 5.91 Å². The number of aliphatic hydroxyl groups excluding tert-OH is 1. The summed E-state index contributed by atoms with van der Waals surface area (Å²) >= 11 is 0. The van der Waals surface area contributed by atoms with Crippen LogP contribution in [0.3, 0.4) is 0 Å². The average Bonchev–Trinajstić information content (AvgIpc) is 2.27. The molecule has 16 heavy (non-hydrogen) atoms. The molecule has 0 saturated carbocycles. The van der Waals surface area contributed by atoms with Gasteiger partial charge in [-0.2, -0.15) is 0 Å². The largest absolute Gasteiger partial charge is 0.393 e. The van der Waals surface area contributed by atoms with Crippen LogP contribution in [0, 0.1) is 0 Å². The van der Waals surface area contributed by atoms with Crippen molar-refractivity contribution in [1.29, 1.82) is 0 Å². The molecule has 1 amide bonds. The van der Waals surface area contributed by atoms with Crippen molar-refractivity contribution in [2.24, 2.45) is 0 Å². The summed E-state index contributed by atoms with van der Waals surface area (Å²) in [5.41, 5.74) is 0. The Kier molecular flexibility index (Phi) is 5.77. The zero-order chi connectivity index (χ0) is 12.0. The minimum Gasteiger partial charge on any atom is -0.393 e. The zero-order valence-electron chi connectivity index (χ0n) is 10.3. The molecule has 1 fully saturated rings. The molecule has 0 aromatic heterocycles. The first kappa shape index (κ1) is 13.5. The van der Waals surface area contributed by atoms with Gasteiger partial charge in [0.15, 0.2) is 0 Å². The highest BCUT2D eigenvalue weighted by molar-refractivity contribution is 5.75. The summed E-state index contributed by atoms with van der Waals surface area (Å²) in [6, 6.07) is 0. The van der Waals surface area contributed by atoms with Crippen LogP contribution in [0.5, 0.6) is 0 Å². The van der Waals surface area contributed by atoms with E-state index in [-0.39, 0.29) is 12.0 Å². The highest BCUT2D eigenvalue weighted by Crippen LogP contribution is 2.13. The Bertz CT molecular complexity index is 212. The molecule has 1 N–H and O–H groups in total. The molecular formula is C12H23NO3. The van der Waals surface area contributed by atoms with Gasteiger partial charge in [0, 0.05) is 26.6 Å². The van der Waals surface area contributed by atoms with Gasteiger partial charge in [-0.3, -0.25) is 4.79 Å². The van der Waals surface area contributed by atoms with Crippen LogP contribution in [0.1, 0.15) is 39.0 Å². The summed E-state index contributed by atoms with van der Waals surface area (Å²) in [6.07, 6.45) is 4.14. The fourth-order valence-electron chi connectivity index (χ4n) is 1.88. The highest BCUT2D eigenvalue weighted by Gasteiger charge is 2.18. The van der Waals surface area contributed by atoms with Gasteiger partial charge >= 0.3 is 0 Å². The summed E-state index contributed by atoms with van der Waals surface area (Å²) in [4.78, 5) is 13.4. The summed E-state index contributed by atoms with van der Waals surface area (Å²) in [5.74, 6) is 0.0927. The van der Waals surface area contributed by atoms with Crippen LogP contribution in [0.4, 0.5) is 0 Å². The Morgan fingerprint density at radius 3 is 2.88 bits per heavy atom. The molecule has 4 heteroatoms. The van der Waals surface area contributed by atoms with Gasteiger partial charge in [-0.15, -0.1) is 0 Å². The van der Waals surface area contributed by atoms with Gasteiger partial charge in [-0.1, -0.05) is 0 Å². The molecule has 1 aliphatic rings. The van der Waals surface area contributed by atoms with E-state index in [4.69, 9.17) is 9.84 Å². The lowest BCUT2D eigenvalue weighted by Crippen LogP contribution is -2.37. The van der Waals surface area contributed by atoms with Crippen LogP contribution in [-0.4, -0.2) is 48.3 Å². The summed E-state index contributed by atoms with van der Waals surface area (Å²) in [5, 5.41) is 9.11. The lowest BCUT2D eigenvalue weighted by atomic mass is 10.1. The molecule has 0 spiro atoms. The van der Waals surface area contributed by atoms with Gasteiger partial charge in [0.25, 0.3) is 0 Å². The maximum Gasteiger partial charge on any atom is 0.222 e. The standard InChI is InChI=1S/C12H23NO3/c1-10(14)6-7-12(15)13(2)9-11-5-3-4-8-16-11/h10-11,14H,3-9H2,1-2H3. The number of hydrogen-bond acceptors (Lipinski definition) is 3. The first-order valence-corrected chi connectivity index (χ1v) is 6.13. The molecule has 1 aliphatic heterocycles. The van der Waals surface area contributed by atoms with E-state index in [0.29, 0.717) is 19.4 Å². The molecule has 0 aliphatic carbocycles. The Hall–Kier alpha value is -0.610. The van der Waals surface area contributed by atoms with Gasteiger partial charge < -0.3 is 14.7 Å². The maximum absolute atomic E-state index is 11.7. The molecule has 2 unspecified atom stereocenters. The van der Waals surface area contributed by atoms with Crippen LogP contribution in [-0.2, 0) is 9.53 Å². The van der Waals surface area contributed by atoms with E-state index in [2.05, 4.69) is 0 Å². The van der Waals surface area contributed by atoms with Gasteiger partial charge in [-0.05, 0) is 32.6 Å². The van der Waals surface area contributed by atoms with E-state index in [9.17, 15) is 4.79 Å². The number of amides is 1. The van der Waals surface area contributed by atoms with Crippen LogP contribution < -0.4 is 0 Å². The molecule has 0 aromatic carbocycles. The van der Waals surface area contributed by atoms with Crippen molar-refractivity contribution in [1.82, 2.24) is 4.90 Å². The molecule has 0 aromatic rings. The van der Waals surface area contributed by atoms with E-state index >= 15 is 0 Å². The first-order valence-electron chi connectivity index (χ1n) is 6.13. The number of hydrogen-bond donors (Lipinski definition) is 1. The molecular weight excluding hydrogens is 206 g/mol. The van der Waals surface area contributed by atoms with Crippen molar-refractivity contribution in [2.45, 2.75) is 51.2 Å². The van der Waals surface area contributed by atoms with E-state index in [1.807, 2.05) is 7.05 Å². The number of likely N-dealkylation sites (N-methyl/N-ethyl adjacent to an activating group) is 1. The van der Waals surface area contributed by atoms with E-state index in [1.54, 1.807) is 11.8 Å². The third-order valence-corrected chi connectivity index (χ3v) is 2.95. The van der Waals surface area contributed by atoms with E-state index < -0.39 is 6.10 Å². The van der Waals surface area contributed by atoms with Crippen LogP contribution >= 0.6 is 0 Å². The quantitative estimate of drug-likeness (QED) is 0.770. The molecule has 1 saturated heterocycles. The molecule has 94 valence electrons. The predicted octanol–water partition coefficient (Wildman–Crippen LogP) is 1.17. The Labute approximate surface area is 97.6 Å². The summed E-state index contributed by atoms with van der Waals surface area (Å²) in [6.45, 7) is 3.20. The highest BCUT2D eigenvalue weighted by atomic mass is 16.5. The lowest BCUT2D eigenvalue weighted by molar-refractivity contribution is -0.132. The smallest absolute Gasteiger partial charge is 0.222 e. The monoisotopic (exact) mass is 229 g/mol. The topological polar surface area (TPSA) is 49.8 Å². The van der Waals surface area contributed by atoms with Crippen LogP contribution in [0.2, 0.25) is 0 Å². The van der Waals surface area contributed by atoms with Crippen molar-refractivity contribution < 1.29 is 14.6 Å². The zero-order valence-corrected chi connectivity index (χ0v) is 10.3. The normalized spacial score (nSPS) is 22.8. The van der Waals surface area contributed by atoms with Gasteiger partial charge in [-0.25, -0.2) is 0 Å². The number of ether oxygens (including phenoxy) is 1. The lowest BCUT2D eigenvalue weighted by Gasteiger charge is -2.27. The number of carbonyl (C=O) groups is 1. The molecule has 1 rings (SSSR count). The number of nitrogens with zero attached hydrogens (tertiary/aromatic N) is 1. The fourth-order valence-corrected chi connectivity index (χ4v) is 1.88. The molecule has 2 atom stereocenters. The molecule has 1 heterocycles. The van der Waals surface area contributed by atoms with Gasteiger partial charge in [0.2, 0.25) is 5.91 Å².